The van der Waals surface area contributed by atoms with Crippen LogP contribution in [0, 0.1) is 5.82 Å². The molecular formula is C47H54ClCs2FN6O5. The summed E-state index contributed by atoms with van der Waals surface area (Å²) in [5.74, 6) is -0.102. The quantitative estimate of drug-likeness (QED) is 0.152. The molecule has 4 aliphatic heterocycles. The van der Waals surface area contributed by atoms with E-state index < -0.39 is 0 Å². The first kappa shape index (κ1) is 53.2. The molecule has 0 saturated carbocycles. The van der Waals surface area contributed by atoms with Gasteiger partial charge < -0.3 is 30.9 Å². The van der Waals surface area contributed by atoms with E-state index in [2.05, 4.69) is 79.0 Å². The number of para-hydroxylation sites is 2. The Labute approximate surface area is 488 Å². The van der Waals surface area contributed by atoms with Gasteiger partial charge in [-0.3, -0.25) is 24.2 Å². The Morgan fingerprint density at radius 1 is 0.661 bits per heavy atom. The van der Waals surface area contributed by atoms with Crippen LogP contribution in [0.15, 0.2) is 122 Å². The van der Waals surface area contributed by atoms with Crippen molar-refractivity contribution in [2.24, 2.45) is 0 Å². The summed E-state index contributed by atoms with van der Waals surface area (Å²) in [7, 11) is 0. The number of likely N-dealkylation sites (tertiary alicyclic amines) is 4. The molecule has 10 rings (SSSR count). The molecule has 4 aliphatic rings. The number of fused-ring (bicyclic) bond motifs is 2. The van der Waals surface area contributed by atoms with Crippen LogP contribution in [0.3, 0.4) is 0 Å². The topological polar surface area (TPSA) is 117 Å². The Kier molecular flexibility index (Phi) is 23.4. The number of benzene rings is 4. The molecule has 4 aromatic carbocycles. The van der Waals surface area contributed by atoms with E-state index in [0.717, 1.165) is 50.3 Å². The molecule has 2 atom stereocenters. The van der Waals surface area contributed by atoms with Crippen molar-refractivity contribution in [1.29, 1.82) is 0 Å². The number of nitrogens with one attached hydrogen (secondary N) is 1. The first-order chi connectivity index (χ1) is 28.9. The average Bonchev–Trinajstić information content (AvgIpc) is 4.14. The number of H-pyrrole nitrogens is 1. The predicted molar refractivity (Wildman–Crippen MR) is 234 cm³/mol. The molecule has 62 heavy (non-hydrogen) atoms. The summed E-state index contributed by atoms with van der Waals surface area (Å²) >= 11 is 0. The van der Waals surface area contributed by atoms with E-state index in [-0.39, 0.29) is 176 Å². The molecule has 4 saturated heterocycles. The molecule has 11 nitrogen and oxygen atoms in total. The maximum atomic E-state index is 12.9. The van der Waals surface area contributed by atoms with Crippen molar-refractivity contribution < 1.29 is 168 Å². The van der Waals surface area contributed by atoms with Crippen molar-refractivity contribution in [3.8, 4) is 5.69 Å². The maximum Gasteiger partial charge on any atom is 1.00 e. The van der Waals surface area contributed by atoms with Gasteiger partial charge in [0.15, 0.2) is 0 Å². The second kappa shape index (κ2) is 27.3. The second-order valence-electron chi connectivity index (χ2n) is 15.4. The first-order valence-corrected chi connectivity index (χ1v) is 20.6. The number of hydrogen-bond donors (Lipinski definition) is 1. The molecule has 2 aromatic heterocycles. The van der Waals surface area contributed by atoms with E-state index in [1.54, 1.807) is 12.1 Å². The minimum Gasteiger partial charge on any atom is -1.00 e. The van der Waals surface area contributed by atoms with Gasteiger partial charge in [0.05, 0.1) is 5.52 Å². The van der Waals surface area contributed by atoms with Gasteiger partial charge in [-0.25, -0.2) is 4.39 Å². The largest absolute Gasteiger partial charge is 1.00 e. The van der Waals surface area contributed by atoms with Gasteiger partial charge in [-0.15, -0.1) is 12.4 Å². The van der Waals surface area contributed by atoms with Crippen LogP contribution >= 0.6 is 12.4 Å². The number of nitrogens with zero attached hydrogens (tertiary/aromatic N) is 5. The summed E-state index contributed by atoms with van der Waals surface area (Å²) in [6.07, 6.45) is 11.4. The van der Waals surface area contributed by atoms with Crippen molar-refractivity contribution in [1.82, 2.24) is 29.2 Å². The maximum absolute atomic E-state index is 12.9. The fraction of sp³-hybridized carbons (Fsp3) is 0.340. The van der Waals surface area contributed by atoms with Gasteiger partial charge in [-0.1, -0.05) is 36.4 Å². The van der Waals surface area contributed by atoms with Gasteiger partial charge in [0.25, 0.3) is 18.3 Å². The molecule has 0 radical (unpaired) electrons. The normalized spacial score (nSPS) is 18.2. The number of aromatic amines is 1. The molecule has 1 N–H and O–H groups in total. The third-order valence-electron chi connectivity index (χ3n) is 11.8. The summed E-state index contributed by atoms with van der Waals surface area (Å²) in [6.45, 7) is 7.95. The van der Waals surface area contributed by atoms with E-state index >= 15 is 0 Å². The molecule has 15 heteroatoms. The second-order valence-corrected chi connectivity index (χ2v) is 15.4. The minimum atomic E-state index is -0.298. The van der Waals surface area contributed by atoms with Crippen molar-refractivity contribution in [2.45, 2.75) is 50.6 Å². The summed E-state index contributed by atoms with van der Waals surface area (Å²) in [6, 6.07) is 35.7. The average molecular weight is 1100 g/mol. The molecule has 4 fully saturated rings. The van der Waals surface area contributed by atoms with Gasteiger partial charge in [0.2, 0.25) is 0 Å². The number of halogens is 2. The minimum absolute atomic E-state index is 0. The van der Waals surface area contributed by atoms with Crippen LogP contribution in [-0.4, -0.2) is 112 Å². The van der Waals surface area contributed by atoms with Gasteiger partial charge in [-0.05, 0) is 148 Å². The fourth-order valence-electron chi connectivity index (χ4n) is 8.69. The number of carbonyl (C=O) groups is 3. The molecule has 6 heterocycles. The van der Waals surface area contributed by atoms with E-state index in [1.165, 1.54) is 85.8 Å². The van der Waals surface area contributed by atoms with Gasteiger partial charge in [-0.2, -0.15) is 0 Å². The Bertz CT molecular complexity index is 2260. The number of rotatable bonds is 6. The van der Waals surface area contributed by atoms with E-state index in [1.807, 2.05) is 52.4 Å². The zero-order valence-electron chi connectivity index (χ0n) is 36.7. The zero-order valence-corrected chi connectivity index (χ0v) is 49.1. The van der Waals surface area contributed by atoms with Crippen LogP contribution in [0.25, 0.3) is 27.5 Å². The van der Waals surface area contributed by atoms with Crippen molar-refractivity contribution in [3.63, 3.8) is 0 Å². The number of amides is 2. The first-order valence-electron chi connectivity index (χ1n) is 20.6. The van der Waals surface area contributed by atoms with Crippen LogP contribution in [0.5, 0.6) is 0 Å². The van der Waals surface area contributed by atoms with Gasteiger partial charge in [0.1, 0.15) is 5.82 Å². The van der Waals surface area contributed by atoms with Crippen LogP contribution < -0.4 is 143 Å². The molecule has 0 bridgehead atoms. The Balaban J connectivity index is 0.000000256. The molecule has 0 spiro atoms. The van der Waals surface area contributed by atoms with Gasteiger partial charge >= 0.3 is 138 Å². The van der Waals surface area contributed by atoms with E-state index in [0.29, 0.717) is 17.6 Å². The Morgan fingerprint density at radius 3 is 1.66 bits per heavy atom. The molecule has 0 unspecified atom stereocenters. The molecule has 6 aromatic rings. The summed E-state index contributed by atoms with van der Waals surface area (Å²) in [4.78, 5) is 48.6. The standard InChI is InChI=1S/C23H25N3O.C15H19FN2O.C8H7N.CH2O3.ClH.2Cs.H/c27-23(25-15-12-21(17-25)24-13-3-4-14-24)19-7-9-20(10-8-19)26-16-11-18-5-1-2-6-22(18)26;16-13-5-3-12(4-6-13)15(19)18-10-7-14(11-18)17-8-1-2-9-17;1-2-4-8-7(3-1)5-6-9-8;2-1-4-3;;;;/h1-2,5-11,16,21H,3-4,12-15,17H2;3-6,14H,1-2,7-11H2;1-6,9H;1,3H;1H;;;/q;;;;;2*+1;-1/p-1/t21-;14-;;;;;;/m00....../s1. The van der Waals surface area contributed by atoms with Gasteiger partial charge in [0, 0.05) is 73.0 Å². The summed E-state index contributed by atoms with van der Waals surface area (Å²) in [5, 5.41) is 10.9. The van der Waals surface area contributed by atoms with Crippen molar-refractivity contribution in [2.75, 3.05) is 52.4 Å². The molecule has 0 aliphatic carbocycles. The van der Waals surface area contributed by atoms with Crippen LogP contribution in [0.4, 0.5) is 4.39 Å². The third-order valence-corrected chi connectivity index (χ3v) is 11.8. The molecule has 318 valence electrons. The SMILES string of the molecule is Cl.O=C(c1ccc(-n2ccc3ccccc32)cc1)N1CC[C@H](N2CCCC2)C1.O=C(c1ccc(F)cc1)N1CC[C@H](N2CCCC2)C1.O=CO[O-].[Cs+].[Cs+].[H-].c1ccc2[nH]ccc2c1. The fourth-order valence-corrected chi connectivity index (χ4v) is 8.69. The third kappa shape index (κ3) is 14.3. The van der Waals surface area contributed by atoms with Crippen LogP contribution in [0.2, 0.25) is 0 Å². The monoisotopic (exact) mass is 1100 g/mol. The summed E-state index contributed by atoms with van der Waals surface area (Å²) in [5.41, 5.74) is 4.85. The van der Waals surface area contributed by atoms with E-state index in [4.69, 9.17) is 10.1 Å². The van der Waals surface area contributed by atoms with Crippen molar-refractivity contribution >= 4 is 52.5 Å². The van der Waals surface area contributed by atoms with E-state index in [9.17, 15) is 14.0 Å². The zero-order chi connectivity index (χ0) is 41.0. The molecular weight excluding hydrogens is 1050 g/mol. The summed E-state index contributed by atoms with van der Waals surface area (Å²) < 4.78 is 15.0. The number of carbonyl (C=O) groups excluding carboxylic acids is 3. The Hall–Kier alpha value is -1.43. The smallest absolute Gasteiger partial charge is 1.00 e. The number of aromatic nitrogens is 2. The predicted octanol–water partition coefficient (Wildman–Crippen LogP) is 1.22. The van der Waals surface area contributed by atoms with Crippen LogP contribution in [0.1, 0.15) is 60.7 Å². The Morgan fingerprint density at radius 2 is 1.15 bits per heavy atom. The molecule has 2 amide bonds. The number of hydrogen-bond acceptors (Lipinski definition) is 7. The van der Waals surface area contributed by atoms with Crippen LogP contribution in [-0.2, 0) is 9.68 Å². The van der Waals surface area contributed by atoms with Crippen molar-refractivity contribution in [3.05, 3.63) is 139 Å².